The van der Waals surface area contributed by atoms with Crippen LogP contribution in [0.15, 0.2) is 24.3 Å². The zero-order valence-electron chi connectivity index (χ0n) is 13.7. The minimum atomic E-state index is -0.343. The minimum absolute atomic E-state index is 0.308. The molecule has 0 amide bonds. The molecule has 0 radical (unpaired) electrons. The van der Waals surface area contributed by atoms with Crippen molar-refractivity contribution in [3.05, 3.63) is 29.8 Å². The van der Waals surface area contributed by atoms with Crippen LogP contribution >= 0.6 is 0 Å². The van der Waals surface area contributed by atoms with E-state index in [-0.39, 0.29) is 6.10 Å². The summed E-state index contributed by atoms with van der Waals surface area (Å²) in [4.78, 5) is 4.61. The maximum Gasteiger partial charge on any atom is 0.115 e. The van der Waals surface area contributed by atoms with Crippen molar-refractivity contribution in [3.8, 4) is 5.75 Å². The largest absolute Gasteiger partial charge is 0.508 e. The maximum absolute atomic E-state index is 10.5. The van der Waals surface area contributed by atoms with Crippen LogP contribution in [0.25, 0.3) is 0 Å². The topological polar surface area (TPSA) is 56.2 Å². The summed E-state index contributed by atoms with van der Waals surface area (Å²) < 4.78 is 5.36. The van der Waals surface area contributed by atoms with Gasteiger partial charge in [0.1, 0.15) is 5.75 Å². The van der Waals surface area contributed by atoms with Crippen LogP contribution in [0, 0.1) is 5.92 Å². The molecule has 1 aromatic rings. The number of aliphatic hydroxyl groups excluding tert-OH is 1. The van der Waals surface area contributed by atoms with Gasteiger partial charge in [-0.25, -0.2) is 0 Å². The summed E-state index contributed by atoms with van der Waals surface area (Å²) >= 11 is 0. The summed E-state index contributed by atoms with van der Waals surface area (Å²) in [5, 5.41) is 20.1. The number of benzene rings is 1. The van der Waals surface area contributed by atoms with Crippen LogP contribution < -0.4 is 0 Å². The Hall–Kier alpha value is -1.14. The second-order valence-electron chi connectivity index (χ2n) is 6.87. The number of β-amino-alcohol motifs (C(OH)–C–C–N with tert-alkyl or cyclic N) is 1. The molecule has 1 atom stereocenters. The lowest BCUT2D eigenvalue weighted by Crippen LogP contribution is -2.44. The third-order valence-corrected chi connectivity index (χ3v) is 4.57. The first-order chi connectivity index (χ1) is 11.2. The van der Waals surface area contributed by atoms with E-state index in [0.717, 1.165) is 50.9 Å². The van der Waals surface area contributed by atoms with E-state index in [1.807, 2.05) is 18.2 Å². The molecule has 1 heterocycles. The van der Waals surface area contributed by atoms with Crippen molar-refractivity contribution in [3.63, 3.8) is 0 Å². The quantitative estimate of drug-likeness (QED) is 0.756. The summed E-state index contributed by atoms with van der Waals surface area (Å²) in [6.45, 7) is 6.57. The highest BCUT2D eigenvalue weighted by Crippen LogP contribution is 2.30. The van der Waals surface area contributed by atoms with Crippen LogP contribution in [-0.4, -0.2) is 72.1 Å². The van der Waals surface area contributed by atoms with Gasteiger partial charge < -0.3 is 14.9 Å². The summed E-state index contributed by atoms with van der Waals surface area (Å²) in [5.41, 5.74) is 1.10. The van der Waals surface area contributed by atoms with Gasteiger partial charge in [0.05, 0.1) is 19.3 Å². The smallest absolute Gasteiger partial charge is 0.115 e. The van der Waals surface area contributed by atoms with Gasteiger partial charge in [0.25, 0.3) is 0 Å². The van der Waals surface area contributed by atoms with Crippen molar-refractivity contribution in [2.75, 3.05) is 45.9 Å². The highest BCUT2D eigenvalue weighted by molar-refractivity contribution is 5.27. The van der Waals surface area contributed by atoms with E-state index < -0.39 is 0 Å². The molecule has 1 unspecified atom stereocenters. The summed E-state index contributed by atoms with van der Waals surface area (Å²) in [5.74, 6) is 1.09. The molecule has 0 spiro atoms. The number of aliphatic hydroxyl groups is 1. The molecule has 1 aliphatic heterocycles. The SMILES string of the molecule is Oc1cccc(CN(CC(O)CN2CCOCC2)CC2CC2)c1. The molecule has 23 heavy (non-hydrogen) atoms. The fourth-order valence-corrected chi connectivity index (χ4v) is 3.22. The first-order valence-corrected chi connectivity index (χ1v) is 8.67. The van der Waals surface area contributed by atoms with Crippen molar-refractivity contribution in [2.45, 2.75) is 25.5 Å². The molecule has 3 rings (SSSR count). The molecule has 1 saturated carbocycles. The van der Waals surface area contributed by atoms with Gasteiger partial charge in [0.15, 0.2) is 0 Å². The Morgan fingerprint density at radius 1 is 1.26 bits per heavy atom. The third-order valence-electron chi connectivity index (χ3n) is 4.57. The Labute approximate surface area is 138 Å². The molecular formula is C18H28N2O3. The van der Waals surface area contributed by atoms with Crippen LogP contribution in [-0.2, 0) is 11.3 Å². The van der Waals surface area contributed by atoms with Crippen LogP contribution in [0.2, 0.25) is 0 Å². The average Bonchev–Trinajstić information content (AvgIpc) is 3.32. The van der Waals surface area contributed by atoms with E-state index in [1.54, 1.807) is 6.07 Å². The minimum Gasteiger partial charge on any atom is -0.508 e. The van der Waals surface area contributed by atoms with Crippen LogP contribution in [0.5, 0.6) is 5.75 Å². The summed E-state index contributed by atoms with van der Waals surface area (Å²) in [6.07, 6.45) is 2.26. The fourth-order valence-electron chi connectivity index (χ4n) is 3.22. The molecule has 1 aliphatic carbocycles. The predicted octanol–water partition coefficient (Wildman–Crippen LogP) is 1.30. The normalized spacial score (nSPS) is 20.8. The Morgan fingerprint density at radius 3 is 2.74 bits per heavy atom. The molecule has 0 aromatic heterocycles. The first-order valence-electron chi connectivity index (χ1n) is 8.67. The number of nitrogens with zero attached hydrogens (tertiary/aromatic N) is 2. The number of aromatic hydroxyl groups is 1. The van der Waals surface area contributed by atoms with Gasteiger partial charge in [-0.3, -0.25) is 9.80 Å². The Kier molecular flexibility index (Phi) is 5.89. The maximum atomic E-state index is 10.5. The van der Waals surface area contributed by atoms with Crippen molar-refractivity contribution in [2.24, 2.45) is 5.92 Å². The van der Waals surface area contributed by atoms with Crippen LogP contribution in [0.4, 0.5) is 0 Å². The number of hydrogen-bond donors (Lipinski definition) is 2. The van der Waals surface area contributed by atoms with Gasteiger partial charge in [0, 0.05) is 39.3 Å². The Morgan fingerprint density at radius 2 is 2.04 bits per heavy atom. The molecule has 2 fully saturated rings. The monoisotopic (exact) mass is 320 g/mol. The number of phenols is 1. The van der Waals surface area contributed by atoms with Gasteiger partial charge in [-0.2, -0.15) is 0 Å². The number of rotatable bonds is 8. The molecule has 1 saturated heterocycles. The molecule has 5 heteroatoms. The van der Waals surface area contributed by atoms with E-state index >= 15 is 0 Å². The number of ether oxygens (including phenoxy) is 1. The van der Waals surface area contributed by atoms with Gasteiger partial charge in [-0.1, -0.05) is 12.1 Å². The molecule has 2 N–H and O–H groups in total. The van der Waals surface area contributed by atoms with E-state index in [4.69, 9.17) is 4.74 Å². The number of phenolic OH excluding ortho intramolecular Hbond substituents is 1. The van der Waals surface area contributed by atoms with Crippen LogP contribution in [0.1, 0.15) is 18.4 Å². The van der Waals surface area contributed by atoms with Crippen molar-refractivity contribution < 1.29 is 14.9 Å². The Balaban J connectivity index is 1.52. The molecule has 2 aliphatic rings. The molecular weight excluding hydrogens is 292 g/mol. The Bertz CT molecular complexity index is 487. The average molecular weight is 320 g/mol. The fraction of sp³-hybridized carbons (Fsp3) is 0.667. The molecule has 1 aromatic carbocycles. The molecule has 5 nitrogen and oxygen atoms in total. The summed E-state index contributed by atoms with van der Waals surface area (Å²) in [6, 6.07) is 7.42. The van der Waals surface area contributed by atoms with Gasteiger partial charge in [-0.15, -0.1) is 0 Å². The highest BCUT2D eigenvalue weighted by atomic mass is 16.5. The highest BCUT2D eigenvalue weighted by Gasteiger charge is 2.26. The predicted molar refractivity (Wildman–Crippen MR) is 89.4 cm³/mol. The van der Waals surface area contributed by atoms with Crippen molar-refractivity contribution >= 4 is 0 Å². The lowest BCUT2D eigenvalue weighted by Gasteiger charge is -2.31. The zero-order chi connectivity index (χ0) is 16.1. The summed E-state index contributed by atoms with van der Waals surface area (Å²) in [7, 11) is 0. The van der Waals surface area contributed by atoms with E-state index in [0.29, 0.717) is 18.8 Å². The van der Waals surface area contributed by atoms with Crippen molar-refractivity contribution in [1.82, 2.24) is 9.80 Å². The van der Waals surface area contributed by atoms with E-state index in [1.165, 1.54) is 12.8 Å². The molecule has 0 bridgehead atoms. The van der Waals surface area contributed by atoms with Gasteiger partial charge in [0.2, 0.25) is 0 Å². The second kappa shape index (κ2) is 8.11. The van der Waals surface area contributed by atoms with Gasteiger partial charge in [-0.05, 0) is 36.5 Å². The second-order valence-corrected chi connectivity index (χ2v) is 6.87. The standard InChI is InChI=1S/C18H28N2O3/c21-17-3-1-2-16(10-17)12-20(11-15-4-5-15)14-18(22)13-19-6-8-23-9-7-19/h1-3,10,15,18,21-22H,4-9,11-14H2. The lowest BCUT2D eigenvalue weighted by molar-refractivity contribution is 0.00591. The zero-order valence-corrected chi connectivity index (χ0v) is 13.7. The van der Waals surface area contributed by atoms with Crippen LogP contribution in [0.3, 0.4) is 0 Å². The van der Waals surface area contributed by atoms with Crippen molar-refractivity contribution in [1.29, 1.82) is 0 Å². The molecule has 128 valence electrons. The number of morpholine rings is 1. The van der Waals surface area contributed by atoms with E-state index in [2.05, 4.69) is 9.80 Å². The number of hydrogen-bond acceptors (Lipinski definition) is 5. The van der Waals surface area contributed by atoms with Gasteiger partial charge >= 0.3 is 0 Å². The first kappa shape index (κ1) is 16.7. The van der Waals surface area contributed by atoms with E-state index in [9.17, 15) is 10.2 Å². The third kappa shape index (κ3) is 5.77. The lowest BCUT2D eigenvalue weighted by atomic mass is 10.1.